The molecule has 0 aliphatic carbocycles. The van der Waals surface area contributed by atoms with Crippen molar-refractivity contribution in [1.29, 1.82) is 0 Å². The summed E-state index contributed by atoms with van der Waals surface area (Å²) in [5.74, 6) is 2.98. The third kappa shape index (κ3) is 3.69. The number of fused-ring (bicyclic) bond motifs is 3. The highest BCUT2D eigenvalue weighted by Gasteiger charge is 2.41. The van der Waals surface area contributed by atoms with Crippen molar-refractivity contribution in [3.8, 4) is 28.7 Å². The minimum Gasteiger partial charge on any atom is -0.507 e. The molecule has 0 unspecified atom stereocenters. The molecule has 3 aromatic carbocycles. The molecule has 0 saturated carbocycles. The van der Waals surface area contributed by atoms with Gasteiger partial charge in [0.05, 0.1) is 32.6 Å². The van der Waals surface area contributed by atoms with Gasteiger partial charge in [-0.05, 0) is 49.4 Å². The Balaban J connectivity index is 1.58. The van der Waals surface area contributed by atoms with Crippen LogP contribution in [0.25, 0.3) is 0 Å². The van der Waals surface area contributed by atoms with Crippen LogP contribution >= 0.6 is 0 Å². The van der Waals surface area contributed by atoms with Crippen molar-refractivity contribution >= 4 is 5.71 Å². The number of hydrogen-bond donors (Lipinski definition) is 1. The summed E-state index contributed by atoms with van der Waals surface area (Å²) in [7, 11) is 3.23. The highest BCUT2D eigenvalue weighted by Crippen LogP contribution is 2.48. The van der Waals surface area contributed by atoms with Crippen molar-refractivity contribution in [2.75, 3.05) is 20.8 Å². The summed E-state index contributed by atoms with van der Waals surface area (Å²) in [6.45, 7) is 2.49. The lowest BCUT2D eigenvalue weighted by Gasteiger charge is -2.38. The SMILES string of the molecule is CCOc1ccc([C@H]2Oc3ccccc3[C@H]3CC(c4cc(OC)ccc4O)=NN32)cc1OC. The fourth-order valence-electron chi connectivity index (χ4n) is 4.40. The average Bonchev–Trinajstić information content (AvgIpc) is 3.30. The van der Waals surface area contributed by atoms with E-state index in [2.05, 4.69) is 6.07 Å². The molecule has 5 rings (SSSR count). The second-order valence-electron chi connectivity index (χ2n) is 7.88. The van der Waals surface area contributed by atoms with Crippen molar-refractivity contribution in [2.45, 2.75) is 25.6 Å². The maximum absolute atomic E-state index is 10.5. The zero-order chi connectivity index (χ0) is 22.9. The monoisotopic (exact) mass is 446 g/mol. The van der Waals surface area contributed by atoms with Crippen LogP contribution < -0.4 is 18.9 Å². The highest BCUT2D eigenvalue weighted by atomic mass is 16.5. The zero-order valence-corrected chi connectivity index (χ0v) is 18.8. The Morgan fingerprint density at radius 2 is 1.88 bits per heavy atom. The van der Waals surface area contributed by atoms with Gasteiger partial charge in [0.1, 0.15) is 17.2 Å². The number of methoxy groups -OCH3 is 2. The predicted octanol–water partition coefficient (Wildman–Crippen LogP) is 5.05. The van der Waals surface area contributed by atoms with E-state index in [9.17, 15) is 5.11 Å². The lowest BCUT2D eigenvalue weighted by atomic mass is 9.95. The molecule has 0 saturated heterocycles. The van der Waals surface area contributed by atoms with E-state index < -0.39 is 6.23 Å². The Morgan fingerprint density at radius 1 is 1.03 bits per heavy atom. The van der Waals surface area contributed by atoms with Gasteiger partial charge in [0.15, 0.2) is 11.5 Å². The predicted molar refractivity (Wildman–Crippen MR) is 124 cm³/mol. The Hall–Kier alpha value is -3.87. The van der Waals surface area contributed by atoms with E-state index in [0.29, 0.717) is 35.8 Å². The fraction of sp³-hybridized carbons (Fsp3) is 0.269. The van der Waals surface area contributed by atoms with E-state index in [0.717, 1.165) is 22.6 Å². The largest absolute Gasteiger partial charge is 0.507 e. The molecule has 0 radical (unpaired) electrons. The maximum Gasteiger partial charge on any atom is 0.214 e. The molecule has 2 heterocycles. The van der Waals surface area contributed by atoms with Gasteiger partial charge >= 0.3 is 0 Å². The molecule has 2 atom stereocenters. The van der Waals surface area contributed by atoms with E-state index in [1.807, 2.05) is 54.4 Å². The van der Waals surface area contributed by atoms with Crippen LogP contribution in [0.2, 0.25) is 0 Å². The number of aromatic hydroxyl groups is 1. The summed E-state index contributed by atoms with van der Waals surface area (Å²) in [5, 5.41) is 17.4. The van der Waals surface area contributed by atoms with E-state index in [4.69, 9.17) is 24.0 Å². The standard InChI is InChI=1S/C26H26N2O5/c1-4-32-24-12-9-16(13-25(24)31-3)26-28-21(18-7-5-6-8-23(18)33-26)15-20(27-28)19-14-17(30-2)10-11-22(19)29/h5-14,21,26,29H,4,15H2,1-3H3/t21-,26-/m1/s1. The Bertz CT molecular complexity index is 1210. The highest BCUT2D eigenvalue weighted by molar-refractivity contribution is 6.04. The first kappa shape index (κ1) is 21.0. The van der Waals surface area contributed by atoms with Gasteiger partial charge in [-0.3, -0.25) is 0 Å². The van der Waals surface area contributed by atoms with Gasteiger partial charge in [-0.1, -0.05) is 18.2 Å². The topological polar surface area (TPSA) is 72.8 Å². The minimum atomic E-state index is -0.459. The lowest BCUT2D eigenvalue weighted by Crippen LogP contribution is -2.33. The number of phenols is 1. The molecule has 7 nitrogen and oxygen atoms in total. The number of rotatable bonds is 6. The average molecular weight is 447 g/mol. The summed E-state index contributed by atoms with van der Waals surface area (Å²) >= 11 is 0. The van der Waals surface area contributed by atoms with Gasteiger partial charge in [-0.25, -0.2) is 5.01 Å². The van der Waals surface area contributed by atoms with Crippen LogP contribution in [0.5, 0.6) is 28.7 Å². The van der Waals surface area contributed by atoms with E-state index in [-0.39, 0.29) is 11.8 Å². The lowest BCUT2D eigenvalue weighted by molar-refractivity contribution is -0.0191. The van der Waals surface area contributed by atoms with Gasteiger partial charge in [0, 0.05) is 23.1 Å². The fourth-order valence-corrected chi connectivity index (χ4v) is 4.40. The second kappa shape index (κ2) is 8.58. The van der Waals surface area contributed by atoms with Crippen molar-refractivity contribution in [3.05, 3.63) is 77.4 Å². The number of benzene rings is 3. The van der Waals surface area contributed by atoms with Crippen LogP contribution in [-0.4, -0.2) is 36.7 Å². The van der Waals surface area contributed by atoms with Crippen LogP contribution in [0, 0.1) is 0 Å². The van der Waals surface area contributed by atoms with Gasteiger partial charge in [-0.15, -0.1) is 0 Å². The molecule has 33 heavy (non-hydrogen) atoms. The maximum atomic E-state index is 10.5. The van der Waals surface area contributed by atoms with Crippen LogP contribution in [0.15, 0.2) is 65.8 Å². The van der Waals surface area contributed by atoms with Crippen molar-refractivity contribution < 1.29 is 24.1 Å². The minimum absolute atomic E-state index is 0.0295. The first-order valence-electron chi connectivity index (χ1n) is 10.9. The molecule has 0 fully saturated rings. The molecular weight excluding hydrogens is 420 g/mol. The summed E-state index contributed by atoms with van der Waals surface area (Å²) < 4.78 is 23.0. The molecule has 0 aromatic heterocycles. The molecule has 2 aliphatic rings. The third-order valence-electron chi connectivity index (χ3n) is 5.99. The van der Waals surface area contributed by atoms with E-state index in [1.165, 1.54) is 0 Å². The molecule has 0 amide bonds. The van der Waals surface area contributed by atoms with Crippen LogP contribution in [-0.2, 0) is 0 Å². The van der Waals surface area contributed by atoms with Crippen molar-refractivity contribution in [1.82, 2.24) is 5.01 Å². The Labute approximate surface area is 192 Å². The number of hydrogen-bond acceptors (Lipinski definition) is 7. The second-order valence-corrected chi connectivity index (χ2v) is 7.88. The number of ether oxygens (including phenoxy) is 4. The van der Waals surface area contributed by atoms with Crippen LogP contribution in [0.3, 0.4) is 0 Å². The number of nitrogens with zero attached hydrogens (tertiary/aromatic N) is 2. The molecule has 7 heteroatoms. The first-order valence-corrected chi connectivity index (χ1v) is 10.9. The van der Waals surface area contributed by atoms with Gasteiger partial charge in [0.2, 0.25) is 6.23 Å². The van der Waals surface area contributed by atoms with Crippen LogP contribution in [0.1, 0.15) is 42.3 Å². The summed E-state index contributed by atoms with van der Waals surface area (Å²) in [5.41, 5.74) is 3.39. The molecule has 3 aromatic rings. The van der Waals surface area contributed by atoms with Gasteiger partial charge < -0.3 is 24.1 Å². The Kier molecular flexibility index (Phi) is 5.46. The van der Waals surface area contributed by atoms with Crippen molar-refractivity contribution in [3.63, 3.8) is 0 Å². The zero-order valence-electron chi connectivity index (χ0n) is 18.8. The molecule has 2 aliphatic heterocycles. The molecular formula is C26H26N2O5. The molecule has 0 spiro atoms. The molecule has 0 bridgehead atoms. The summed E-state index contributed by atoms with van der Waals surface area (Å²) in [4.78, 5) is 0. The van der Waals surface area contributed by atoms with Crippen LogP contribution in [0.4, 0.5) is 0 Å². The molecule has 170 valence electrons. The number of hydrazone groups is 1. The summed E-state index contributed by atoms with van der Waals surface area (Å²) in [6.07, 6.45) is 0.172. The quantitative estimate of drug-likeness (QED) is 0.571. The summed E-state index contributed by atoms with van der Waals surface area (Å²) in [6, 6.07) is 19.0. The molecule has 1 N–H and O–H groups in total. The van der Waals surface area contributed by atoms with Gasteiger partial charge in [-0.2, -0.15) is 5.10 Å². The third-order valence-corrected chi connectivity index (χ3v) is 5.99. The van der Waals surface area contributed by atoms with E-state index in [1.54, 1.807) is 26.4 Å². The van der Waals surface area contributed by atoms with Gasteiger partial charge in [0.25, 0.3) is 0 Å². The first-order chi connectivity index (χ1) is 16.1. The normalized spacial score (nSPS) is 18.6. The smallest absolute Gasteiger partial charge is 0.214 e. The number of para-hydroxylation sites is 1. The van der Waals surface area contributed by atoms with Crippen molar-refractivity contribution in [2.24, 2.45) is 5.10 Å². The number of phenolic OH excluding ortho intramolecular Hbond substituents is 1. The van der Waals surface area contributed by atoms with E-state index >= 15 is 0 Å². The Morgan fingerprint density at radius 3 is 2.67 bits per heavy atom.